The SMILES string of the molecule is CCC(C)C(C)(O)CNC(=O)c1occc1CSc1ccccc1. The molecular weight excluding hydrogens is 322 g/mol. The minimum Gasteiger partial charge on any atom is -0.459 e. The lowest BCUT2D eigenvalue weighted by atomic mass is 9.88. The van der Waals surface area contributed by atoms with Crippen molar-refractivity contribution in [3.8, 4) is 0 Å². The summed E-state index contributed by atoms with van der Waals surface area (Å²) in [5.41, 5.74) is -0.0831. The number of nitrogens with one attached hydrogen (secondary N) is 1. The average molecular weight is 347 g/mol. The van der Waals surface area contributed by atoms with Gasteiger partial charge in [-0.15, -0.1) is 11.8 Å². The number of aliphatic hydroxyl groups is 1. The Bertz CT molecular complexity index is 652. The van der Waals surface area contributed by atoms with Crippen LogP contribution in [0.4, 0.5) is 0 Å². The molecule has 0 aliphatic rings. The maximum atomic E-state index is 12.4. The molecule has 0 saturated heterocycles. The van der Waals surface area contributed by atoms with Crippen molar-refractivity contribution in [1.82, 2.24) is 5.32 Å². The summed E-state index contributed by atoms with van der Waals surface area (Å²) in [4.78, 5) is 13.5. The van der Waals surface area contributed by atoms with Gasteiger partial charge in [0.05, 0.1) is 11.9 Å². The zero-order valence-corrected chi connectivity index (χ0v) is 15.2. The largest absolute Gasteiger partial charge is 0.459 e. The fourth-order valence-electron chi connectivity index (χ4n) is 2.28. The topological polar surface area (TPSA) is 62.5 Å². The lowest BCUT2D eigenvalue weighted by molar-refractivity contribution is 0.00568. The third-order valence-corrected chi connectivity index (χ3v) is 5.43. The van der Waals surface area contributed by atoms with Crippen LogP contribution in [0.25, 0.3) is 0 Å². The van der Waals surface area contributed by atoms with Crippen molar-refractivity contribution in [3.63, 3.8) is 0 Å². The molecule has 2 N–H and O–H groups in total. The minimum absolute atomic E-state index is 0.0995. The molecule has 1 heterocycles. The first-order valence-corrected chi connectivity index (χ1v) is 9.17. The number of benzene rings is 1. The minimum atomic E-state index is -0.935. The first-order valence-electron chi connectivity index (χ1n) is 8.19. The van der Waals surface area contributed by atoms with E-state index in [0.717, 1.165) is 16.9 Å². The third-order valence-electron chi connectivity index (χ3n) is 4.37. The van der Waals surface area contributed by atoms with E-state index in [9.17, 15) is 9.90 Å². The normalized spacial score (nSPS) is 14.8. The highest BCUT2D eigenvalue weighted by Gasteiger charge is 2.28. The van der Waals surface area contributed by atoms with E-state index in [0.29, 0.717) is 11.5 Å². The molecular formula is C19H25NO3S. The molecule has 2 unspecified atom stereocenters. The Labute approximate surface area is 147 Å². The molecule has 0 aliphatic heterocycles. The van der Waals surface area contributed by atoms with Crippen LogP contribution in [0.1, 0.15) is 43.3 Å². The summed E-state index contributed by atoms with van der Waals surface area (Å²) in [6.07, 6.45) is 2.38. The second kappa shape index (κ2) is 8.40. The highest BCUT2D eigenvalue weighted by atomic mass is 32.2. The molecule has 0 bridgehead atoms. The van der Waals surface area contributed by atoms with Gasteiger partial charge in [0.2, 0.25) is 0 Å². The van der Waals surface area contributed by atoms with Gasteiger partial charge in [-0.3, -0.25) is 4.79 Å². The molecule has 0 saturated carbocycles. The molecule has 0 radical (unpaired) electrons. The summed E-state index contributed by atoms with van der Waals surface area (Å²) in [5.74, 6) is 0.790. The van der Waals surface area contributed by atoms with Gasteiger partial charge in [0.1, 0.15) is 0 Å². The number of carbonyl (C=O) groups excluding carboxylic acids is 1. The van der Waals surface area contributed by atoms with Gasteiger partial charge in [0.15, 0.2) is 5.76 Å². The van der Waals surface area contributed by atoms with Gasteiger partial charge in [0.25, 0.3) is 5.91 Å². The van der Waals surface area contributed by atoms with E-state index in [-0.39, 0.29) is 18.4 Å². The molecule has 2 rings (SSSR count). The third kappa shape index (κ3) is 4.89. The lowest BCUT2D eigenvalue weighted by Crippen LogP contribution is -2.45. The van der Waals surface area contributed by atoms with Crippen LogP contribution in [0.15, 0.2) is 52.0 Å². The highest BCUT2D eigenvalue weighted by molar-refractivity contribution is 7.98. The Kier molecular flexibility index (Phi) is 6.52. The van der Waals surface area contributed by atoms with Crippen LogP contribution < -0.4 is 5.32 Å². The predicted octanol–water partition coefficient (Wildman–Crippen LogP) is 4.10. The van der Waals surface area contributed by atoms with Crippen molar-refractivity contribution in [1.29, 1.82) is 0 Å². The van der Waals surface area contributed by atoms with E-state index in [4.69, 9.17) is 4.42 Å². The fourth-order valence-corrected chi connectivity index (χ4v) is 3.18. The van der Waals surface area contributed by atoms with Crippen molar-refractivity contribution in [3.05, 3.63) is 54.0 Å². The van der Waals surface area contributed by atoms with Crippen molar-refractivity contribution in [2.24, 2.45) is 5.92 Å². The Morgan fingerprint density at radius 1 is 1.33 bits per heavy atom. The molecule has 5 heteroatoms. The number of carbonyl (C=O) groups is 1. The summed E-state index contributed by atoms with van der Waals surface area (Å²) in [6.45, 7) is 5.94. The van der Waals surface area contributed by atoms with Crippen LogP contribution in [0, 0.1) is 5.92 Å². The molecule has 4 nitrogen and oxygen atoms in total. The Morgan fingerprint density at radius 2 is 2.04 bits per heavy atom. The number of thioether (sulfide) groups is 1. The molecule has 1 amide bonds. The zero-order valence-electron chi connectivity index (χ0n) is 14.4. The summed E-state index contributed by atoms with van der Waals surface area (Å²) in [5, 5.41) is 13.2. The first-order chi connectivity index (χ1) is 11.4. The van der Waals surface area contributed by atoms with Gasteiger partial charge in [-0.1, -0.05) is 38.5 Å². The summed E-state index contributed by atoms with van der Waals surface area (Å²) in [6, 6.07) is 11.8. The van der Waals surface area contributed by atoms with Crippen LogP contribution in [0.3, 0.4) is 0 Å². The number of furan rings is 1. The van der Waals surface area contributed by atoms with Gasteiger partial charge in [0, 0.05) is 22.8 Å². The van der Waals surface area contributed by atoms with E-state index in [1.165, 1.54) is 6.26 Å². The number of hydrogen-bond donors (Lipinski definition) is 2. The molecule has 2 atom stereocenters. The molecule has 24 heavy (non-hydrogen) atoms. The number of amides is 1. The highest BCUT2D eigenvalue weighted by Crippen LogP contribution is 2.25. The van der Waals surface area contributed by atoms with Crippen LogP contribution in [-0.4, -0.2) is 23.2 Å². The van der Waals surface area contributed by atoms with E-state index in [1.54, 1.807) is 18.7 Å². The van der Waals surface area contributed by atoms with Crippen LogP contribution in [0.2, 0.25) is 0 Å². The predicted molar refractivity (Wildman–Crippen MR) is 97.1 cm³/mol. The number of hydrogen-bond acceptors (Lipinski definition) is 4. The van der Waals surface area contributed by atoms with Gasteiger partial charge in [-0.2, -0.15) is 0 Å². The summed E-state index contributed by atoms with van der Waals surface area (Å²) >= 11 is 1.65. The maximum Gasteiger partial charge on any atom is 0.287 e. The molecule has 1 aromatic heterocycles. The van der Waals surface area contributed by atoms with Crippen molar-refractivity contribution >= 4 is 17.7 Å². The smallest absolute Gasteiger partial charge is 0.287 e. The van der Waals surface area contributed by atoms with Crippen LogP contribution in [-0.2, 0) is 5.75 Å². The number of rotatable bonds is 8. The monoisotopic (exact) mass is 347 g/mol. The maximum absolute atomic E-state index is 12.4. The summed E-state index contributed by atoms with van der Waals surface area (Å²) < 4.78 is 5.36. The van der Waals surface area contributed by atoms with Crippen molar-refractivity contribution in [2.75, 3.05) is 6.54 Å². The fraction of sp³-hybridized carbons (Fsp3) is 0.421. The molecule has 2 aromatic rings. The average Bonchev–Trinajstić information content (AvgIpc) is 3.06. The van der Waals surface area contributed by atoms with Crippen LogP contribution in [0.5, 0.6) is 0 Å². The molecule has 0 aliphatic carbocycles. The quantitative estimate of drug-likeness (QED) is 0.706. The van der Waals surface area contributed by atoms with Crippen molar-refractivity contribution in [2.45, 2.75) is 43.4 Å². The van der Waals surface area contributed by atoms with Crippen molar-refractivity contribution < 1.29 is 14.3 Å². The molecule has 130 valence electrons. The zero-order chi connectivity index (χ0) is 17.6. The van der Waals surface area contributed by atoms with E-state index in [2.05, 4.69) is 5.32 Å². The van der Waals surface area contributed by atoms with Gasteiger partial charge in [-0.25, -0.2) is 0 Å². The van der Waals surface area contributed by atoms with Crippen LogP contribution >= 0.6 is 11.8 Å². The van der Waals surface area contributed by atoms with E-state index >= 15 is 0 Å². The molecule has 1 aromatic carbocycles. The van der Waals surface area contributed by atoms with E-state index < -0.39 is 5.60 Å². The second-order valence-corrected chi connectivity index (χ2v) is 7.27. The Hall–Kier alpha value is -1.72. The molecule has 0 fully saturated rings. The lowest BCUT2D eigenvalue weighted by Gasteiger charge is -2.29. The van der Waals surface area contributed by atoms with Gasteiger partial charge in [-0.05, 0) is 31.0 Å². The Balaban J connectivity index is 1.95. The van der Waals surface area contributed by atoms with E-state index in [1.807, 2.05) is 50.2 Å². The second-order valence-electron chi connectivity index (χ2n) is 6.23. The summed E-state index contributed by atoms with van der Waals surface area (Å²) in [7, 11) is 0. The Morgan fingerprint density at radius 3 is 2.71 bits per heavy atom. The first kappa shape index (κ1) is 18.6. The van der Waals surface area contributed by atoms with Gasteiger partial charge < -0.3 is 14.8 Å². The molecule has 0 spiro atoms. The van der Waals surface area contributed by atoms with Gasteiger partial charge >= 0.3 is 0 Å². The standard InChI is InChI=1S/C19H25NO3S/c1-4-14(2)19(3,22)13-20-18(21)17-15(10-11-23-17)12-24-16-8-6-5-7-9-16/h5-11,14,22H,4,12-13H2,1-3H3,(H,20,21).